The molecule has 0 radical (unpaired) electrons. The number of fused-ring (bicyclic) bond motifs is 1. The van der Waals surface area contributed by atoms with Crippen molar-refractivity contribution in [1.82, 2.24) is 0 Å². The summed E-state index contributed by atoms with van der Waals surface area (Å²) in [5.74, 6) is -2.79. The summed E-state index contributed by atoms with van der Waals surface area (Å²) >= 11 is 0. The van der Waals surface area contributed by atoms with Crippen molar-refractivity contribution < 1.29 is 34.0 Å². The molecule has 2 N–H and O–H groups in total. The van der Waals surface area contributed by atoms with Gasteiger partial charge in [0.2, 0.25) is 5.79 Å². The van der Waals surface area contributed by atoms with Gasteiger partial charge in [-0.3, -0.25) is 4.79 Å². The van der Waals surface area contributed by atoms with E-state index >= 15 is 0 Å². The van der Waals surface area contributed by atoms with Gasteiger partial charge in [-0.2, -0.15) is 0 Å². The maximum Gasteiger partial charge on any atom is 0.303 e. The highest BCUT2D eigenvalue weighted by Crippen LogP contribution is 2.64. The highest BCUT2D eigenvalue weighted by Gasteiger charge is 2.84. The predicted octanol–water partition coefficient (Wildman–Crippen LogP) is 1.10. The second kappa shape index (κ2) is 4.67. The van der Waals surface area contributed by atoms with E-state index in [1.807, 2.05) is 0 Å². The van der Waals surface area contributed by atoms with Gasteiger partial charge in [0.15, 0.2) is 17.0 Å². The minimum Gasteiger partial charge on any atom is -0.453 e. The molecule has 2 saturated heterocycles. The molecule has 2 rings (SSSR count). The Hall–Kier alpha value is -0.730. The zero-order chi connectivity index (χ0) is 18.1. The van der Waals surface area contributed by atoms with Crippen molar-refractivity contribution in [2.75, 3.05) is 6.61 Å². The average molecular weight is 332 g/mol. The molecule has 0 saturated carbocycles. The molecule has 0 aromatic rings. The van der Waals surface area contributed by atoms with E-state index in [4.69, 9.17) is 18.9 Å². The Kier molecular flexibility index (Phi) is 3.78. The van der Waals surface area contributed by atoms with Gasteiger partial charge in [-0.25, -0.2) is 0 Å². The molecule has 7 nitrogen and oxygen atoms in total. The number of aliphatic hydroxyl groups excluding tert-OH is 1. The largest absolute Gasteiger partial charge is 0.453 e. The lowest BCUT2D eigenvalue weighted by molar-refractivity contribution is -0.322. The molecular formula is C16H28O7. The van der Waals surface area contributed by atoms with E-state index in [-0.39, 0.29) is 0 Å². The van der Waals surface area contributed by atoms with Crippen molar-refractivity contribution in [1.29, 1.82) is 0 Å². The summed E-state index contributed by atoms with van der Waals surface area (Å²) in [6.45, 7) is 12.2. The van der Waals surface area contributed by atoms with Gasteiger partial charge in [0.25, 0.3) is 0 Å². The molecule has 23 heavy (non-hydrogen) atoms. The Labute approximate surface area is 136 Å². The molecule has 2 fully saturated rings. The SMILES string of the molecule is CC(=O)O[C@]1(C)[C@]2(C)OC(C)(C)O[C@@]2(C)O[C@@]1(C)[C@](C)(O)CO. The van der Waals surface area contributed by atoms with Crippen LogP contribution in [0.4, 0.5) is 0 Å². The van der Waals surface area contributed by atoms with Gasteiger partial charge < -0.3 is 29.2 Å². The molecule has 0 amide bonds. The number of hydrogen-bond acceptors (Lipinski definition) is 7. The van der Waals surface area contributed by atoms with E-state index in [2.05, 4.69) is 0 Å². The van der Waals surface area contributed by atoms with Crippen LogP contribution < -0.4 is 0 Å². The van der Waals surface area contributed by atoms with Crippen LogP contribution in [0.5, 0.6) is 0 Å². The molecule has 134 valence electrons. The van der Waals surface area contributed by atoms with Gasteiger partial charge in [-0.15, -0.1) is 0 Å². The molecular weight excluding hydrogens is 304 g/mol. The summed E-state index contributed by atoms with van der Waals surface area (Å²) in [6.07, 6.45) is 0. The second-order valence-electron chi connectivity index (χ2n) is 7.78. The fourth-order valence-corrected chi connectivity index (χ4v) is 4.02. The number of carbonyl (C=O) groups is 1. The smallest absolute Gasteiger partial charge is 0.303 e. The van der Waals surface area contributed by atoms with Crippen LogP contribution in [-0.4, -0.2) is 56.8 Å². The quantitative estimate of drug-likeness (QED) is 0.747. The second-order valence-corrected chi connectivity index (χ2v) is 7.78. The lowest BCUT2D eigenvalue weighted by atomic mass is 9.67. The third-order valence-corrected chi connectivity index (χ3v) is 5.66. The van der Waals surface area contributed by atoms with Crippen LogP contribution in [-0.2, 0) is 23.7 Å². The Morgan fingerprint density at radius 2 is 1.61 bits per heavy atom. The third-order valence-electron chi connectivity index (χ3n) is 5.66. The number of ether oxygens (including phenoxy) is 4. The van der Waals surface area contributed by atoms with E-state index in [1.165, 1.54) is 13.8 Å². The van der Waals surface area contributed by atoms with Gasteiger partial charge in [-0.05, 0) is 48.5 Å². The number of esters is 1. The van der Waals surface area contributed by atoms with Crippen LogP contribution in [0.3, 0.4) is 0 Å². The van der Waals surface area contributed by atoms with Gasteiger partial charge in [-0.1, -0.05) is 0 Å². The molecule has 7 heteroatoms. The number of aliphatic hydroxyl groups is 2. The van der Waals surface area contributed by atoms with Crippen molar-refractivity contribution >= 4 is 5.97 Å². The molecule has 0 unspecified atom stereocenters. The van der Waals surface area contributed by atoms with Gasteiger partial charge in [0.05, 0.1) is 6.61 Å². The summed E-state index contributed by atoms with van der Waals surface area (Å²) in [6, 6.07) is 0. The maximum atomic E-state index is 11.8. The molecule has 2 aliphatic heterocycles. The molecule has 0 aromatic heterocycles. The topological polar surface area (TPSA) is 94.5 Å². The number of hydrogen-bond donors (Lipinski definition) is 2. The molecule has 0 aliphatic carbocycles. The lowest BCUT2D eigenvalue weighted by Crippen LogP contribution is -2.70. The first-order valence-corrected chi connectivity index (χ1v) is 7.73. The first-order chi connectivity index (χ1) is 10.1. The molecule has 0 spiro atoms. The molecule has 2 aliphatic rings. The molecule has 2 heterocycles. The van der Waals surface area contributed by atoms with E-state index in [1.54, 1.807) is 41.5 Å². The van der Waals surface area contributed by atoms with Gasteiger partial charge in [0, 0.05) is 6.92 Å². The summed E-state index contributed by atoms with van der Waals surface area (Å²) in [4.78, 5) is 11.8. The summed E-state index contributed by atoms with van der Waals surface area (Å²) < 4.78 is 23.8. The zero-order valence-electron chi connectivity index (χ0n) is 15.1. The highest BCUT2D eigenvalue weighted by atomic mass is 16.9. The van der Waals surface area contributed by atoms with Crippen molar-refractivity contribution in [3.8, 4) is 0 Å². The van der Waals surface area contributed by atoms with E-state index < -0.39 is 46.6 Å². The van der Waals surface area contributed by atoms with Crippen LogP contribution in [0.15, 0.2) is 0 Å². The Morgan fingerprint density at radius 3 is 2.04 bits per heavy atom. The van der Waals surface area contributed by atoms with Crippen molar-refractivity contribution in [3.05, 3.63) is 0 Å². The maximum absolute atomic E-state index is 11.8. The minimum atomic E-state index is -1.70. The Balaban J connectivity index is 2.69. The predicted molar refractivity (Wildman–Crippen MR) is 80.4 cm³/mol. The first kappa shape index (κ1) is 18.6. The third kappa shape index (κ3) is 2.10. The average Bonchev–Trinajstić information content (AvgIpc) is 2.59. The van der Waals surface area contributed by atoms with Crippen LogP contribution in [0.25, 0.3) is 0 Å². The minimum absolute atomic E-state index is 0.546. The van der Waals surface area contributed by atoms with Crippen LogP contribution in [0.1, 0.15) is 55.4 Å². The lowest BCUT2D eigenvalue weighted by Gasteiger charge is -2.50. The van der Waals surface area contributed by atoms with E-state index in [9.17, 15) is 15.0 Å². The van der Waals surface area contributed by atoms with Crippen LogP contribution in [0, 0.1) is 0 Å². The zero-order valence-corrected chi connectivity index (χ0v) is 15.1. The fourth-order valence-electron chi connectivity index (χ4n) is 4.02. The molecule has 0 aromatic carbocycles. The van der Waals surface area contributed by atoms with Gasteiger partial charge >= 0.3 is 5.97 Å². The standard InChI is InChI=1S/C16H28O7/c1-10(18)20-14(6)13(5,12(4,19)9-17)23-16(8)15(14,7)21-11(2,3)22-16/h17,19H,9H2,1-8H3/t12-,13+,14+,15+,16+/m1/s1. The fraction of sp³-hybridized carbons (Fsp3) is 0.938. The monoisotopic (exact) mass is 332 g/mol. The number of carbonyl (C=O) groups excluding carboxylic acids is 1. The molecule has 0 bridgehead atoms. The molecule has 5 atom stereocenters. The van der Waals surface area contributed by atoms with Crippen molar-refractivity contribution in [2.24, 2.45) is 0 Å². The Morgan fingerprint density at radius 1 is 1.09 bits per heavy atom. The van der Waals surface area contributed by atoms with Crippen molar-refractivity contribution in [2.45, 2.75) is 89.4 Å². The van der Waals surface area contributed by atoms with Crippen molar-refractivity contribution in [3.63, 3.8) is 0 Å². The normalized spacial score (nSPS) is 47.9. The summed E-state index contributed by atoms with van der Waals surface area (Å²) in [5, 5.41) is 20.4. The first-order valence-electron chi connectivity index (χ1n) is 7.73. The van der Waals surface area contributed by atoms with E-state index in [0.717, 1.165) is 0 Å². The summed E-state index contributed by atoms with van der Waals surface area (Å²) in [5.41, 5.74) is -5.80. The van der Waals surface area contributed by atoms with Gasteiger partial charge in [0.1, 0.15) is 11.2 Å². The van der Waals surface area contributed by atoms with E-state index in [0.29, 0.717) is 0 Å². The Bertz CT molecular complexity index is 531. The van der Waals surface area contributed by atoms with Crippen LogP contribution >= 0.6 is 0 Å². The van der Waals surface area contributed by atoms with Crippen LogP contribution in [0.2, 0.25) is 0 Å². The number of rotatable bonds is 3. The summed E-state index contributed by atoms with van der Waals surface area (Å²) in [7, 11) is 0. The highest BCUT2D eigenvalue weighted by molar-refractivity contribution is 5.67.